The standard InChI is InChI=1S/C25H27ClN2O3S/c1-4-23(28(32(3,30)31)21-15-10-14-20(26)17-21)25(29)27-24(19-12-6-5-7-13-19)22-16-9-8-11-18(22)2/h5-17,23-24H,4H2,1-3H3,(H,27,29). The van der Waals surface area contributed by atoms with Crippen molar-refractivity contribution in [3.63, 3.8) is 0 Å². The number of aryl methyl sites for hydroxylation is 1. The largest absolute Gasteiger partial charge is 0.343 e. The normalized spacial score (nSPS) is 13.2. The minimum Gasteiger partial charge on any atom is -0.343 e. The molecule has 0 aliphatic heterocycles. The van der Waals surface area contributed by atoms with Crippen molar-refractivity contribution in [1.29, 1.82) is 0 Å². The summed E-state index contributed by atoms with van der Waals surface area (Å²) in [6.07, 6.45) is 1.39. The molecule has 0 heterocycles. The Hall–Kier alpha value is -2.83. The van der Waals surface area contributed by atoms with Gasteiger partial charge in [-0.15, -0.1) is 0 Å². The molecule has 32 heavy (non-hydrogen) atoms. The van der Waals surface area contributed by atoms with Crippen molar-refractivity contribution in [1.82, 2.24) is 5.32 Å². The highest BCUT2D eigenvalue weighted by atomic mass is 35.5. The van der Waals surface area contributed by atoms with E-state index in [1.807, 2.05) is 61.5 Å². The summed E-state index contributed by atoms with van der Waals surface area (Å²) in [5, 5.41) is 3.50. The maximum Gasteiger partial charge on any atom is 0.244 e. The Morgan fingerprint density at radius 2 is 1.66 bits per heavy atom. The topological polar surface area (TPSA) is 66.5 Å². The lowest BCUT2D eigenvalue weighted by Crippen LogP contribution is -2.50. The van der Waals surface area contributed by atoms with Gasteiger partial charge < -0.3 is 5.32 Å². The van der Waals surface area contributed by atoms with Gasteiger partial charge >= 0.3 is 0 Å². The zero-order chi connectivity index (χ0) is 23.3. The van der Waals surface area contributed by atoms with Crippen LogP contribution in [0.5, 0.6) is 0 Å². The van der Waals surface area contributed by atoms with Crippen LogP contribution >= 0.6 is 11.6 Å². The average molecular weight is 471 g/mol. The third-order valence-electron chi connectivity index (χ3n) is 5.31. The van der Waals surface area contributed by atoms with Crippen molar-refractivity contribution in [2.75, 3.05) is 10.6 Å². The van der Waals surface area contributed by atoms with Gasteiger partial charge in [-0.05, 0) is 48.2 Å². The number of hydrogen-bond acceptors (Lipinski definition) is 3. The van der Waals surface area contributed by atoms with Crippen molar-refractivity contribution in [2.45, 2.75) is 32.4 Å². The molecular weight excluding hydrogens is 444 g/mol. The summed E-state index contributed by atoms with van der Waals surface area (Å²) < 4.78 is 26.6. The minimum absolute atomic E-state index is 0.292. The van der Waals surface area contributed by atoms with E-state index in [1.54, 1.807) is 31.2 Å². The molecule has 0 radical (unpaired) electrons. The van der Waals surface area contributed by atoms with E-state index in [0.29, 0.717) is 17.1 Å². The van der Waals surface area contributed by atoms with E-state index in [2.05, 4.69) is 5.32 Å². The smallest absolute Gasteiger partial charge is 0.244 e. The molecule has 1 N–H and O–H groups in total. The average Bonchev–Trinajstić information content (AvgIpc) is 2.76. The molecule has 3 rings (SSSR count). The van der Waals surface area contributed by atoms with Gasteiger partial charge in [-0.3, -0.25) is 9.10 Å². The van der Waals surface area contributed by atoms with Gasteiger partial charge in [-0.1, -0.05) is 79.2 Å². The number of carbonyl (C=O) groups is 1. The molecule has 2 unspecified atom stereocenters. The number of halogens is 1. The number of anilines is 1. The Morgan fingerprint density at radius 3 is 2.25 bits per heavy atom. The Kier molecular flexibility index (Phi) is 7.59. The highest BCUT2D eigenvalue weighted by molar-refractivity contribution is 7.92. The fraction of sp³-hybridized carbons (Fsp3) is 0.240. The second-order valence-electron chi connectivity index (χ2n) is 7.67. The first-order valence-electron chi connectivity index (χ1n) is 10.4. The van der Waals surface area contributed by atoms with E-state index in [9.17, 15) is 13.2 Å². The maximum absolute atomic E-state index is 13.5. The summed E-state index contributed by atoms with van der Waals surface area (Å²) in [6.45, 7) is 3.78. The van der Waals surface area contributed by atoms with Crippen LogP contribution in [0.15, 0.2) is 78.9 Å². The second kappa shape index (κ2) is 10.2. The number of hydrogen-bond donors (Lipinski definition) is 1. The quantitative estimate of drug-likeness (QED) is 0.498. The molecule has 7 heteroatoms. The van der Waals surface area contributed by atoms with Crippen molar-refractivity contribution < 1.29 is 13.2 Å². The lowest BCUT2D eigenvalue weighted by molar-refractivity contribution is -0.122. The fourth-order valence-corrected chi connectivity index (χ4v) is 5.20. The van der Waals surface area contributed by atoms with Crippen molar-refractivity contribution in [2.24, 2.45) is 0 Å². The summed E-state index contributed by atoms with van der Waals surface area (Å²) in [5.74, 6) is -0.380. The molecule has 0 bridgehead atoms. The number of sulfonamides is 1. The van der Waals surface area contributed by atoms with Gasteiger partial charge in [0.2, 0.25) is 15.9 Å². The van der Waals surface area contributed by atoms with Crippen LogP contribution in [-0.4, -0.2) is 26.6 Å². The highest BCUT2D eigenvalue weighted by Crippen LogP contribution is 2.28. The van der Waals surface area contributed by atoms with Crippen LogP contribution in [0.3, 0.4) is 0 Å². The SMILES string of the molecule is CCC(C(=O)NC(c1ccccc1)c1ccccc1C)N(c1cccc(Cl)c1)S(C)(=O)=O. The van der Waals surface area contributed by atoms with Crippen LogP contribution in [0.25, 0.3) is 0 Å². The molecule has 168 valence electrons. The Balaban J connectivity index is 2.02. The van der Waals surface area contributed by atoms with E-state index in [0.717, 1.165) is 27.3 Å². The molecule has 0 spiro atoms. The molecule has 5 nitrogen and oxygen atoms in total. The van der Waals surface area contributed by atoms with E-state index in [-0.39, 0.29) is 5.91 Å². The molecule has 3 aromatic carbocycles. The van der Waals surface area contributed by atoms with Gasteiger partial charge in [-0.25, -0.2) is 8.42 Å². The van der Waals surface area contributed by atoms with E-state index in [1.165, 1.54) is 0 Å². The lowest BCUT2D eigenvalue weighted by atomic mass is 9.94. The first-order chi connectivity index (χ1) is 15.2. The maximum atomic E-state index is 13.5. The van der Waals surface area contributed by atoms with Gasteiger partial charge in [0.05, 0.1) is 18.0 Å². The van der Waals surface area contributed by atoms with Crippen LogP contribution in [-0.2, 0) is 14.8 Å². The number of rotatable bonds is 8. The van der Waals surface area contributed by atoms with E-state index >= 15 is 0 Å². The Morgan fingerprint density at radius 1 is 1.00 bits per heavy atom. The minimum atomic E-state index is -3.75. The predicted octanol–water partition coefficient (Wildman–Crippen LogP) is 5.10. The van der Waals surface area contributed by atoms with Crippen LogP contribution in [0, 0.1) is 6.92 Å². The first kappa shape index (κ1) is 23.8. The number of nitrogens with zero attached hydrogens (tertiary/aromatic N) is 1. The first-order valence-corrected chi connectivity index (χ1v) is 12.6. The molecule has 0 aliphatic carbocycles. The van der Waals surface area contributed by atoms with E-state index < -0.39 is 22.1 Å². The Bertz CT molecular complexity index is 1180. The van der Waals surface area contributed by atoms with Crippen LogP contribution in [0.4, 0.5) is 5.69 Å². The number of amides is 1. The van der Waals surface area contributed by atoms with E-state index in [4.69, 9.17) is 11.6 Å². The van der Waals surface area contributed by atoms with Crippen molar-refractivity contribution in [3.8, 4) is 0 Å². The molecule has 0 saturated carbocycles. The van der Waals surface area contributed by atoms with Gasteiger partial charge in [0.25, 0.3) is 0 Å². The predicted molar refractivity (Wildman–Crippen MR) is 130 cm³/mol. The Labute approximate surface area is 195 Å². The van der Waals surface area contributed by atoms with Gasteiger partial charge in [0, 0.05) is 5.02 Å². The number of benzene rings is 3. The zero-order valence-corrected chi connectivity index (χ0v) is 19.9. The third kappa shape index (κ3) is 5.50. The van der Waals surface area contributed by atoms with Crippen molar-refractivity contribution >= 4 is 33.2 Å². The molecule has 2 atom stereocenters. The van der Waals surface area contributed by atoms with Crippen LogP contribution < -0.4 is 9.62 Å². The summed E-state index contributed by atoms with van der Waals surface area (Å²) >= 11 is 6.11. The van der Waals surface area contributed by atoms with Gasteiger partial charge in [0.15, 0.2) is 0 Å². The molecule has 3 aromatic rings. The zero-order valence-electron chi connectivity index (χ0n) is 18.3. The molecule has 0 aliphatic rings. The second-order valence-corrected chi connectivity index (χ2v) is 9.97. The van der Waals surface area contributed by atoms with Crippen LogP contribution in [0.2, 0.25) is 5.02 Å². The summed E-state index contributed by atoms with van der Waals surface area (Å²) in [6, 6.07) is 22.6. The van der Waals surface area contributed by atoms with Gasteiger partial charge in [-0.2, -0.15) is 0 Å². The third-order valence-corrected chi connectivity index (χ3v) is 6.73. The lowest BCUT2D eigenvalue weighted by Gasteiger charge is -2.32. The summed E-state index contributed by atoms with van der Waals surface area (Å²) in [4.78, 5) is 13.5. The number of carbonyl (C=O) groups excluding carboxylic acids is 1. The summed E-state index contributed by atoms with van der Waals surface area (Å²) in [5.41, 5.74) is 3.26. The van der Waals surface area contributed by atoms with Gasteiger partial charge in [0.1, 0.15) is 6.04 Å². The monoisotopic (exact) mass is 470 g/mol. The number of nitrogens with one attached hydrogen (secondary N) is 1. The van der Waals surface area contributed by atoms with Crippen LogP contribution in [0.1, 0.15) is 36.1 Å². The molecule has 0 aromatic heterocycles. The fourth-order valence-electron chi connectivity index (χ4n) is 3.81. The van der Waals surface area contributed by atoms with Crippen molar-refractivity contribution in [3.05, 3.63) is 101 Å². The molecular formula is C25H27ClN2O3S. The highest BCUT2D eigenvalue weighted by Gasteiger charge is 2.33. The molecule has 1 amide bonds. The molecule has 0 fully saturated rings. The molecule has 0 saturated heterocycles. The summed E-state index contributed by atoms with van der Waals surface area (Å²) in [7, 11) is -3.75.